The summed E-state index contributed by atoms with van der Waals surface area (Å²) in [6, 6.07) is 7.74. The summed E-state index contributed by atoms with van der Waals surface area (Å²) < 4.78 is 11.0. The molecule has 158 valence electrons. The summed E-state index contributed by atoms with van der Waals surface area (Å²) in [5.74, 6) is 1.43. The van der Waals surface area contributed by atoms with Gasteiger partial charge in [-0.05, 0) is 26.8 Å². The van der Waals surface area contributed by atoms with Crippen LogP contribution in [0.2, 0.25) is 0 Å². The standard InChI is InChI=1S/C22H31N3O4/c1-22(2,3)29-14-16(26)12-25-10-9-18-17(13-25)21(27)24-20(23-18)11-15-7-5-6-8-19(15)28-4/h5-8,16,26H,9-14H2,1-4H3,(H,23,24,27). The Labute approximate surface area is 171 Å². The Morgan fingerprint density at radius 1 is 1.31 bits per heavy atom. The second kappa shape index (κ2) is 9.07. The Bertz CT molecular complexity index is 888. The summed E-state index contributed by atoms with van der Waals surface area (Å²) >= 11 is 0. The number of rotatable bonds is 7. The minimum absolute atomic E-state index is 0.106. The molecule has 29 heavy (non-hydrogen) atoms. The molecule has 1 aromatic carbocycles. The minimum Gasteiger partial charge on any atom is -0.496 e. The van der Waals surface area contributed by atoms with Gasteiger partial charge in [0.25, 0.3) is 5.56 Å². The van der Waals surface area contributed by atoms with Crippen LogP contribution in [0.5, 0.6) is 5.75 Å². The number of nitrogens with zero attached hydrogens (tertiary/aromatic N) is 2. The maximum atomic E-state index is 12.7. The fraction of sp³-hybridized carbons (Fsp3) is 0.545. The number of benzene rings is 1. The molecule has 7 nitrogen and oxygen atoms in total. The summed E-state index contributed by atoms with van der Waals surface area (Å²) in [5.41, 5.74) is 2.12. The third-order valence-electron chi connectivity index (χ3n) is 4.92. The van der Waals surface area contributed by atoms with E-state index in [1.807, 2.05) is 45.0 Å². The van der Waals surface area contributed by atoms with Crippen LogP contribution in [0.3, 0.4) is 0 Å². The monoisotopic (exact) mass is 401 g/mol. The molecule has 0 saturated heterocycles. The van der Waals surface area contributed by atoms with E-state index in [-0.39, 0.29) is 17.8 Å². The molecule has 7 heteroatoms. The topological polar surface area (TPSA) is 87.7 Å². The van der Waals surface area contributed by atoms with E-state index in [1.165, 1.54) is 0 Å². The lowest BCUT2D eigenvalue weighted by Gasteiger charge is -2.30. The molecule has 0 amide bonds. The predicted octanol–water partition coefficient (Wildman–Crippen LogP) is 1.90. The van der Waals surface area contributed by atoms with E-state index in [4.69, 9.17) is 14.5 Å². The number of hydrogen-bond acceptors (Lipinski definition) is 6. The lowest BCUT2D eigenvalue weighted by atomic mass is 10.1. The van der Waals surface area contributed by atoms with Gasteiger partial charge in [0, 0.05) is 38.0 Å². The smallest absolute Gasteiger partial charge is 0.255 e. The highest BCUT2D eigenvalue weighted by molar-refractivity contribution is 5.35. The molecule has 2 aromatic rings. The molecular formula is C22H31N3O4. The van der Waals surface area contributed by atoms with Gasteiger partial charge < -0.3 is 19.6 Å². The van der Waals surface area contributed by atoms with Crippen molar-refractivity contribution in [2.24, 2.45) is 0 Å². The van der Waals surface area contributed by atoms with E-state index in [0.29, 0.717) is 37.3 Å². The zero-order chi connectivity index (χ0) is 21.0. The van der Waals surface area contributed by atoms with Gasteiger partial charge in [-0.1, -0.05) is 18.2 Å². The largest absolute Gasteiger partial charge is 0.496 e. The van der Waals surface area contributed by atoms with Crippen LogP contribution >= 0.6 is 0 Å². The SMILES string of the molecule is COc1ccccc1Cc1nc2c(c(=O)[nH]1)CN(CC(O)COC(C)(C)C)CC2. The van der Waals surface area contributed by atoms with Crippen LogP contribution in [0.15, 0.2) is 29.1 Å². The number of aliphatic hydroxyl groups is 1. The molecule has 0 bridgehead atoms. The van der Waals surface area contributed by atoms with Crippen LogP contribution in [-0.2, 0) is 24.1 Å². The molecule has 2 N–H and O–H groups in total. The van der Waals surface area contributed by atoms with E-state index >= 15 is 0 Å². The number of fused-ring (bicyclic) bond motifs is 1. The van der Waals surface area contributed by atoms with Gasteiger partial charge in [0.1, 0.15) is 11.6 Å². The van der Waals surface area contributed by atoms with E-state index in [2.05, 4.69) is 9.88 Å². The molecule has 0 radical (unpaired) electrons. The fourth-order valence-corrected chi connectivity index (χ4v) is 3.50. The van der Waals surface area contributed by atoms with E-state index < -0.39 is 6.10 Å². The Hall–Kier alpha value is -2.22. The highest BCUT2D eigenvalue weighted by Crippen LogP contribution is 2.21. The van der Waals surface area contributed by atoms with Crippen LogP contribution in [0.4, 0.5) is 0 Å². The summed E-state index contributed by atoms with van der Waals surface area (Å²) in [6.45, 7) is 7.88. The molecule has 1 aromatic heterocycles. The zero-order valence-electron chi connectivity index (χ0n) is 17.7. The van der Waals surface area contributed by atoms with Crippen molar-refractivity contribution in [2.45, 2.75) is 51.9 Å². The number of ether oxygens (including phenoxy) is 2. The maximum absolute atomic E-state index is 12.7. The Morgan fingerprint density at radius 2 is 2.07 bits per heavy atom. The molecule has 1 atom stereocenters. The van der Waals surface area contributed by atoms with E-state index in [1.54, 1.807) is 7.11 Å². The zero-order valence-corrected chi connectivity index (χ0v) is 17.7. The van der Waals surface area contributed by atoms with E-state index in [9.17, 15) is 9.90 Å². The predicted molar refractivity (Wildman–Crippen MR) is 111 cm³/mol. The van der Waals surface area contributed by atoms with Crippen LogP contribution in [-0.4, -0.2) is 58.5 Å². The summed E-state index contributed by atoms with van der Waals surface area (Å²) in [5, 5.41) is 10.3. The third kappa shape index (κ3) is 5.88. The second-order valence-electron chi connectivity index (χ2n) is 8.49. The molecule has 1 aliphatic heterocycles. The van der Waals surface area contributed by atoms with Gasteiger partial charge in [0.05, 0.1) is 36.7 Å². The molecule has 1 unspecified atom stereocenters. The highest BCUT2D eigenvalue weighted by atomic mass is 16.5. The number of para-hydroxylation sites is 1. The van der Waals surface area contributed by atoms with E-state index in [0.717, 1.165) is 23.6 Å². The van der Waals surface area contributed by atoms with Crippen molar-refractivity contribution in [3.8, 4) is 5.75 Å². The third-order valence-corrected chi connectivity index (χ3v) is 4.92. The quantitative estimate of drug-likeness (QED) is 0.737. The first-order valence-electron chi connectivity index (χ1n) is 10.0. The average Bonchev–Trinajstić information content (AvgIpc) is 2.67. The van der Waals surface area contributed by atoms with Gasteiger partial charge in [0.15, 0.2) is 0 Å². The highest BCUT2D eigenvalue weighted by Gasteiger charge is 2.24. The number of nitrogens with one attached hydrogen (secondary N) is 1. The van der Waals surface area contributed by atoms with Gasteiger partial charge in [-0.15, -0.1) is 0 Å². The van der Waals surface area contributed by atoms with Crippen molar-refractivity contribution in [2.75, 3.05) is 26.8 Å². The fourth-order valence-electron chi connectivity index (χ4n) is 3.50. The summed E-state index contributed by atoms with van der Waals surface area (Å²) in [7, 11) is 1.64. The number of β-amino-alcohol motifs (C(OH)–C–C–N with tert-alkyl or cyclic N) is 1. The lowest BCUT2D eigenvalue weighted by Crippen LogP contribution is -2.42. The number of aliphatic hydroxyl groups excluding tert-OH is 1. The van der Waals surface area contributed by atoms with Gasteiger partial charge in [0.2, 0.25) is 0 Å². The molecule has 0 fully saturated rings. The average molecular weight is 402 g/mol. The van der Waals surface area contributed by atoms with Crippen LogP contribution in [0.25, 0.3) is 0 Å². The molecule has 0 aliphatic carbocycles. The number of aromatic nitrogens is 2. The van der Waals surface area contributed by atoms with Crippen molar-refractivity contribution >= 4 is 0 Å². The van der Waals surface area contributed by atoms with Crippen molar-refractivity contribution in [3.63, 3.8) is 0 Å². The number of aromatic amines is 1. The van der Waals surface area contributed by atoms with Crippen molar-refractivity contribution < 1.29 is 14.6 Å². The Morgan fingerprint density at radius 3 is 2.79 bits per heavy atom. The van der Waals surface area contributed by atoms with Gasteiger partial charge >= 0.3 is 0 Å². The molecule has 1 aliphatic rings. The summed E-state index contributed by atoms with van der Waals surface area (Å²) in [4.78, 5) is 22.4. The normalized spacial score (nSPS) is 15.8. The van der Waals surface area contributed by atoms with Crippen LogP contribution in [0, 0.1) is 0 Å². The molecule has 0 saturated carbocycles. The lowest BCUT2D eigenvalue weighted by molar-refractivity contribution is -0.0570. The molecular weight excluding hydrogens is 370 g/mol. The molecule has 2 heterocycles. The van der Waals surface area contributed by atoms with Crippen LogP contribution in [0.1, 0.15) is 43.4 Å². The maximum Gasteiger partial charge on any atom is 0.255 e. The molecule has 0 spiro atoms. The second-order valence-corrected chi connectivity index (χ2v) is 8.49. The number of methoxy groups -OCH3 is 1. The minimum atomic E-state index is -0.590. The number of H-pyrrole nitrogens is 1. The van der Waals surface area contributed by atoms with Crippen molar-refractivity contribution in [1.29, 1.82) is 0 Å². The van der Waals surface area contributed by atoms with Gasteiger partial charge in [-0.3, -0.25) is 9.69 Å². The first-order chi connectivity index (χ1) is 13.7. The first kappa shape index (κ1) is 21.5. The van der Waals surface area contributed by atoms with Gasteiger partial charge in [-0.25, -0.2) is 4.98 Å². The number of hydrogen-bond donors (Lipinski definition) is 2. The van der Waals surface area contributed by atoms with Crippen LogP contribution < -0.4 is 10.3 Å². The summed E-state index contributed by atoms with van der Waals surface area (Å²) in [6.07, 6.45) is 0.608. The Balaban J connectivity index is 1.67. The van der Waals surface area contributed by atoms with Crippen molar-refractivity contribution in [3.05, 3.63) is 57.3 Å². The Kier molecular flexibility index (Phi) is 6.72. The van der Waals surface area contributed by atoms with Crippen molar-refractivity contribution in [1.82, 2.24) is 14.9 Å². The molecule has 3 rings (SSSR count). The first-order valence-corrected chi connectivity index (χ1v) is 10.0. The van der Waals surface area contributed by atoms with Gasteiger partial charge in [-0.2, -0.15) is 0 Å².